The van der Waals surface area contributed by atoms with E-state index in [1.54, 1.807) is 6.92 Å². The van der Waals surface area contributed by atoms with Crippen molar-refractivity contribution in [2.45, 2.75) is 65.3 Å². The van der Waals surface area contributed by atoms with Crippen molar-refractivity contribution in [2.75, 3.05) is 39.6 Å². The van der Waals surface area contributed by atoms with Crippen LogP contribution < -0.4 is 0 Å². The normalized spacial score (nSPS) is 11.5. The van der Waals surface area contributed by atoms with Crippen molar-refractivity contribution in [2.24, 2.45) is 0 Å². The zero-order valence-corrected chi connectivity index (χ0v) is 17.3. The van der Waals surface area contributed by atoms with Gasteiger partial charge in [0, 0.05) is 0 Å². The summed E-state index contributed by atoms with van der Waals surface area (Å²) in [5, 5.41) is 25.7. The van der Waals surface area contributed by atoms with Gasteiger partial charge < -0.3 is 29.5 Å². The van der Waals surface area contributed by atoms with Crippen LogP contribution in [-0.4, -0.2) is 71.8 Å². The third-order valence-electron chi connectivity index (χ3n) is 2.75. The van der Waals surface area contributed by atoms with Crippen LogP contribution in [0, 0.1) is 23.7 Å². The van der Waals surface area contributed by atoms with Gasteiger partial charge >= 0.3 is 0 Å². The third kappa shape index (κ3) is 17.7. The van der Waals surface area contributed by atoms with Gasteiger partial charge in [-0.05, 0) is 48.5 Å². The highest BCUT2D eigenvalue weighted by molar-refractivity contribution is 5.18. The van der Waals surface area contributed by atoms with Gasteiger partial charge in [0.15, 0.2) is 0 Å². The van der Waals surface area contributed by atoms with Gasteiger partial charge in [-0.3, -0.25) is 0 Å². The van der Waals surface area contributed by atoms with Crippen LogP contribution in [0.25, 0.3) is 0 Å². The molecule has 6 nitrogen and oxygen atoms in total. The Bertz CT molecular complexity index is 450. The van der Waals surface area contributed by atoms with Crippen LogP contribution in [0.3, 0.4) is 0 Å². The summed E-state index contributed by atoms with van der Waals surface area (Å²) in [6.45, 7) is 13.7. The molecule has 0 aromatic carbocycles. The van der Waals surface area contributed by atoms with E-state index in [9.17, 15) is 0 Å². The molecule has 26 heavy (non-hydrogen) atoms. The van der Waals surface area contributed by atoms with E-state index < -0.39 is 16.8 Å². The predicted molar refractivity (Wildman–Crippen MR) is 103 cm³/mol. The first-order valence-corrected chi connectivity index (χ1v) is 8.68. The zero-order valence-electron chi connectivity index (χ0n) is 17.3. The molecule has 0 atom stereocenters. The van der Waals surface area contributed by atoms with Gasteiger partial charge in [0.25, 0.3) is 0 Å². The largest absolute Gasteiger partial charge is 0.394 e. The SMILES string of the molecule is CC#CC(C)(C)OCCO.CC(C)(C#CC(C)(C)OCCO)OCCO. The number of ether oxygens (including phenoxy) is 3. The summed E-state index contributed by atoms with van der Waals surface area (Å²) in [4.78, 5) is 0. The van der Waals surface area contributed by atoms with Gasteiger partial charge in [0.2, 0.25) is 0 Å². The predicted octanol–water partition coefficient (Wildman–Crippen LogP) is 1.36. The first-order chi connectivity index (χ1) is 11.9. The summed E-state index contributed by atoms with van der Waals surface area (Å²) in [6.07, 6.45) is 0. The molecule has 0 aromatic rings. The standard InChI is InChI=1S/C12H22O4.C8H14O2/c1-11(2,15-9-7-13)5-6-12(3,4)16-10-8-14;1-4-5-8(2,3)10-7-6-9/h13-14H,7-10H2,1-4H3;9H,6-7H2,1-3H3. The number of aliphatic hydroxyl groups is 3. The number of aliphatic hydroxyl groups excluding tert-OH is 3. The van der Waals surface area contributed by atoms with Gasteiger partial charge in [0.05, 0.1) is 39.6 Å². The Morgan fingerprint density at radius 1 is 0.577 bits per heavy atom. The first-order valence-electron chi connectivity index (χ1n) is 8.68. The average Bonchev–Trinajstić information content (AvgIpc) is 2.56. The molecule has 0 radical (unpaired) electrons. The third-order valence-corrected chi connectivity index (χ3v) is 2.75. The van der Waals surface area contributed by atoms with E-state index in [2.05, 4.69) is 23.7 Å². The molecule has 0 spiro atoms. The second-order valence-electron chi connectivity index (χ2n) is 6.87. The highest BCUT2D eigenvalue weighted by atomic mass is 16.5. The lowest BCUT2D eigenvalue weighted by Gasteiger charge is -2.21. The van der Waals surface area contributed by atoms with E-state index in [-0.39, 0.29) is 33.0 Å². The Hall–Kier alpha value is -1.12. The monoisotopic (exact) mass is 372 g/mol. The summed E-state index contributed by atoms with van der Waals surface area (Å²) in [6, 6.07) is 0. The van der Waals surface area contributed by atoms with Gasteiger partial charge in [0.1, 0.15) is 16.8 Å². The highest BCUT2D eigenvalue weighted by Crippen LogP contribution is 2.11. The van der Waals surface area contributed by atoms with Crippen molar-refractivity contribution in [1.82, 2.24) is 0 Å². The van der Waals surface area contributed by atoms with Gasteiger partial charge in [-0.1, -0.05) is 17.8 Å². The molecule has 6 heteroatoms. The smallest absolute Gasteiger partial charge is 0.123 e. The Balaban J connectivity index is 0. The van der Waals surface area contributed by atoms with Gasteiger partial charge in [-0.25, -0.2) is 0 Å². The fourth-order valence-electron chi connectivity index (χ4n) is 1.61. The van der Waals surface area contributed by atoms with E-state index >= 15 is 0 Å². The molecule has 0 aliphatic heterocycles. The van der Waals surface area contributed by atoms with Crippen LogP contribution >= 0.6 is 0 Å². The summed E-state index contributed by atoms with van der Waals surface area (Å²) in [7, 11) is 0. The molecule has 0 rings (SSSR count). The molecular weight excluding hydrogens is 336 g/mol. The lowest BCUT2D eigenvalue weighted by atomic mass is 10.1. The van der Waals surface area contributed by atoms with E-state index in [0.29, 0.717) is 6.61 Å². The van der Waals surface area contributed by atoms with Crippen molar-refractivity contribution >= 4 is 0 Å². The van der Waals surface area contributed by atoms with Crippen molar-refractivity contribution in [3.8, 4) is 23.7 Å². The fraction of sp³-hybridized carbons (Fsp3) is 0.800. The molecule has 0 saturated carbocycles. The Labute approximate surface area is 158 Å². The van der Waals surface area contributed by atoms with Crippen LogP contribution in [0.5, 0.6) is 0 Å². The van der Waals surface area contributed by atoms with E-state index in [1.165, 1.54) is 0 Å². The molecule has 0 aliphatic rings. The van der Waals surface area contributed by atoms with Crippen molar-refractivity contribution < 1.29 is 29.5 Å². The van der Waals surface area contributed by atoms with Crippen LogP contribution in [0.1, 0.15) is 48.5 Å². The van der Waals surface area contributed by atoms with Gasteiger partial charge in [-0.15, -0.1) is 5.92 Å². The quantitative estimate of drug-likeness (QED) is 0.530. The molecule has 0 amide bonds. The lowest BCUT2D eigenvalue weighted by molar-refractivity contribution is -0.00121. The summed E-state index contributed by atoms with van der Waals surface area (Å²) < 4.78 is 15.9. The van der Waals surface area contributed by atoms with Crippen LogP contribution in [0.4, 0.5) is 0 Å². The number of hydrogen-bond acceptors (Lipinski definition) is 6. The Morgan fingerprint density at radius 2 is 0.846 bits per heavy atom. The van der Waals surface area contributed by atoms with E-state index in [1.807, 2.05) is 41.5 Å². The summed E-state index contributed by atoms with van der Waals surface area (Å²) in [5.41, 5.74) is -1.64. The Kier molecular flexibility index (Phi) is 14.6. The van der Waals surface area contributed by atoms with Crippen LogP contribution in [-0.2, 0) is 14.2 Å². The van der Waals surface area contributed by atoms with Crippen LogP contribution in [0.2, 0.25) is 0 Å². The maximum atomic E-state index is 8.65. The molecule has 152 valence electrons. The molecule has 3 N–H and O–H groups in total. The van der Waals surface area contributed by atoms with E-state index in [4.69, 9.17) is 29.5 Å². The lowest BCUT2D eigenvalue weighted by Crippen LogP contribution is -2.28. The second-order valence-corrected chi connectivity index (χ2v) is 6.87. The molecular formula is C20H36O6. The maximum Gasteiger partial charge on any atom is 0.123 e. The average molecular weight is 373 g/mol. The zero-order chi connectivity index (χ0) is 20.7. The summed E-state index contributed by atoms with van der Waals surface area (Å²) >= 11 is 0. The molecule has 0 aliphatic carbocycles. The first kappa shape index (κ1) is 27.1. The maximum absolute atomic E-state index is 8.65. The minimum absolute atomic E-state index is 0.0183. The molecule has 0 bridgehead atoms. The van der Waals surface area contributed by atoms with Crippen molar-refractivity contribution in [1.29, 1.82) is 0 Å². The molecule has 0 aromatic heterocycles. The molecule has 0 saturated heterocycles. The minimum Gasteiger partial charge on any atom is -0.394 e. The van der Waals surface area contributed by atoms with Crippen molar-refractivity contribution in [3.63, 3.8) is 0 Å². The van der Waals surface area contributed by atoms with Crippen LogP contribution in [0.15, 0.2) is 0 Å². The summed E-state index contributed by atoms with van der Waals surface area (Å²) in [5.74, 6) is 11.5. The molecule has 0 heterocycles. The van der Waals surface area contributed by atoms with Gasteiger partial charge in [-0.2, -0.15) is 0 Å². The fourth-order valence-corrected chi connectivity index (χ4v) is 1.61. The topological polar surface area (TPSA) is 88.4 Å². The second kappa shape index (κ2) is 14.0. The van der Waals surface area contributed by atoms with Crippen molar-refractivity contribution in [3.05, 3.63) is 0 Å². The molecule has 0 fully saturated rings. The Morgan fingerprint density at radius 3 is 1.08 bits per heavy atom. The number of rotatable bonds is 9. The highest BCUT2D eigenvalue weighted by Gasteiger charge is 2.18. The van der Waals surface area contributed by atoms with E-state index in [0.717, 1.165) is 0 Å². The molecule has 0 unspecified atom stereocenters. The minimum atomic E-state index is -0.609. The number of hydrogen-bond donors (Lipinski definition) is 3.